The molecule has 4 rings (SSSR count). The van der Waals surface area contributed by atoms with E-state index in [-0.39, 0.29) is 11.3 Å². The van der Waals surface area contributed by atoms with Crippen molar-refractivity contribution in [2.24, 2.45) is 12.8 Å². The average Bonchev–Trinajstić information content (AvgIpc) is 3.32. The predicted octanol–water partition coefficient (Wildman–Crippen LogP) is 4.25. The van der Waals surface area contributed by atoms with E-state index < -0.39 is 23.1 Å². The fraction of sp³-hybridized carbons (Fsp3) is 0.0500. The maximum Gasteiger partial charge on any atom is 0.254 e. The van der Waals surface area contributed by atoms with Crippen LogP contribution in [0.2, 0.25) is 0 Å². The molecule has 0 fully saturated rings. The number of carbonyl (C=O) groups excluding carboxylic acids is 1. The van der Waals surface area contributed by atoms with Crippen molar-refractivity contribution in [1.29, 1.82) is 0 Å². The van der Waals surface area contributed by atoms with Crippen molar-refractivity contribution in [2.45, 2.75) is 0 Å². The zero-order chi connectivity index (χ0) is 19.8. The molecule has 1 amide bonds. The first-order valence-electron chi connectivity index (χ1n) is 8.28. The van der Waals surface area contributed by atoms with Crippen LogP contribution in [0, 0.1) is 11.6 Å². The molecular formula is C20H14F2N4OS. The lowest BCUT2D eigenvalue weighted by atomic mass is 10.0. The number of aromatic nitrogens is 3. The summed E-state index contributed by atoms with van der Waals surface area (Å²) in [5.41, 5.74) is 7.18. The van der Waals surface area contributed by atoms with Crippen molar-refractivity contribution in [3.8, 4) is 33.1 Å². The lowest BCUT2D eigenvalue weighted by molar-refractivity contribution is 0.0992. The normalized spacial score (nSPS) is 11.0. The first-order chi connectivity index (χ1) is 13.5. The van der Waals surface area contributed by atoms with Crippen molar-refractivity contribution < 1.29 is 13.6 Å². The molecule has 0 saturated carbocycles. The van der Waals surface area contributed by atoms with Crippen LogP contribution in [0.5, 0.6) is 0 Å². The Bertz CT molecular complexity index is 1190. The number of nitrogens with zero attached hydrogens (tertiary/aromatic N) is 3. The molecule has 0 aliphatic rings. The number of amides is 1. The summed E-state index contributed by atoms with van der Waals surface area (Å²) >= 11 is 1.53. The quantitative estimate of drug-likeness (QED) is 0.560. The molecule has 0 saturated heterocycles. The van der Waals surface area contributed by atoms with E-state index >= 15 is 0 Å². The number of nitrogens with two attached hydrogens (primary N) is 1. The highest BCUT2D eigenvalue weighted by Crippen LogP contribution is 2.31. The number of rotatable bonds is 4. The SMILES string of the molecule is Cn1nc(-c2ccc(F)c(C(N)=O)c2F)cc1-c1cccc(-c2nccs2)c1. The minimum atomic E-state index is -1.16. The zero-order valence-electron chi connectivity index (χ0n) is 14.7. The summed E-state index contributed by atoms with van der Waals surface area (Å²) in [6.45, 7) is 0. The van der Waals surface area contributed by atoms with E-state index in [2.05, 4.69) is 10.1 Å². The zero-order valence-corrected chi connectivity index (χ0v) is 15.5. The molecule has 2 N–H and O–H groups in total. The number of halogens is 2. The Morgan fingerprint density at radius 3 is 2.64 bits per heavy atom. The summed E-state index contributed by atoms with van der Waals surface area (Å²) in [6.07, 6.45) is 1.74. The third kappa shape index (κ3) is 3.07. The molecule has 2 heterocycles. The molecule has 8 heteroatoms. The van der Waals surface area contributed by atoms with Gasteiger partial charge in [-0.3, -0.25) is 9.48 Å². The summed E-state index contributed by atoms with van der Waals surface area (Å²) in [6, 6.07) is 11.7. The van der Waals surface area contributed by atoms with Crippen molar-refractivity contribution in [3.05, 3.63) is 71.2 Å². The predicted molar refractivity (Wildman–Crippen MR) is 104 cm³/mol. The van der Waals surface area contributed by atoms with Crippen LogP contribution in [0.1, 0.15) is 10.4 Å². The van der Waals surface area contributed by atoms with E-state index in [9.17, 15) is 13.6 Å². The Labute approximate surface area is 163 Å². The Morgan fingerprint density at radius 1 is 1.14 bits per heavy atom. The summed E-state index contributed by atoms with van der Waals surface area (Å²) in [4.78, 5) is 15.7. The Morgan fingerprint density at radius 2 is 1.93 bits per heavy atom. The fourth-order valence-electron chi connectivity index (χ4n) is 3.02. The van der Waals surface area contributed by atoms with Crippen LogP contribution in [0.4, 0.5) is 8.78 Å². The van der Waals surface area contributed by atoms with Crippen molar-refractivity contribution in [1.82, 2.24) is 14.8 Å². The maximum absolute atomic E-state index is 14.7. The number of aryl methyl sites for hydroxylation is 1. The molecule has 0 aliphatic heterocycles. The van der Waals surface area contributed by atoms with Gasteiger partial charge in [0, 0.05) is 35.3 Å². The van der Waals surface area contributed by atoms with E-state index in [1.54, 1.807) is 24.0 Å². The molecule has 0 spiro atoms. The van der Waals surface area contributed by atoms with Gasteiger partial charge in [0.1, 0.15) is 22.2 Å². The topological polar surface area (TPSA) is 73.8 Å². The van der Waals surface area contributed by atoms with Gasteiger partial charge in [-0.05, 0) is 24.3 Å². The standard InChI is InChI=1S/C20H14F2N4OS/c1-26-16(11-3-2-4-12(9-11)20-24-7-8-28-20)10-15(25-26)13-5-6-14(21)17(18(13)22)19(23)27/h2-10H,1H3,(H2,23,27). The van der Waals surface area contributed by atoms with Gasteiger partial charge in [0.25, 0.3) is 5.91 Å². The average molecular weight is 396 g/mol. The van der Waals surface area contributed by atoms with Gasteiger partial charge in [0.2, 0.25) is 0 Å². The highest BCUT2D eigenvalue weighted by atomic mass is 32.1. The smallest absolute Gasteiger partial charge is 0.254 e. The molecule has 0 bridgehead atoms. The van der Waals surface area contributed by atoms with Crippen LogP contribution in [-0.4, -0.2) is 20.7 Å². The van der Waals surface area contributed by atoms with Crippen LogP contribution in [-0.2, 0) is 7.05 Å². The highest BCUT2D eigenvalue weighted by Gasteiger charge is 2.21. The van der Waals surface area contributed by atoms with E-state index in [4.69, 9.17) is 5.73 Å². The number of primary amides is 1. The lowest BCUT2D eigenvalue weighted by Gasteiger charge is -2.04. The Hall–Kier alpha value is -3.39. The molecule has 2 aromatic carbocycles. The first-order valence-corrected chi connectivity index (χ1v) is 9.16. The molecule has 5 nitrogen and oxygen atoms in total. The first kappa shape index (κ1) is 18.0. The summed E-state index contributed by atoms with van der Waals surface area (Å²) in [7, 11) is 1.73. The van der Waals surface area contributed by atoms with Crippen LogP contribution in [0.15, 0.2) is 54.0 Å². The monoisotopic (exact) mass is 396 g/mol. The van der Waals surface area contributed by atoms with E-state index in [0.717, 1.165) is 27.9 Å². The van der Waals surface area contributed by atoms with Gasteiger partial charge in [0.15, 0.2) is 0 Å². The molecule has 0 aliphatic carbocycles. The van der Waals surface area contributed by atoms with Crippen molar-refractivity contribution >= 4 is 17.2 Å². The molecule has 28 heavy (non-hydrogen) atoms. The summed E-state index contributed by atoms with van der Waals surface area (Å²) in [5, 5.41) is 7.12. The number of benzene rings is 2. The van der Waals surface area contributed by atoms with Gasteiger partial charge in [-0.2, -0.15) is 5.10 Å². The second-order valence-electron chi connectivity index (χ2n) is 6.10. The molecule has 0 radical (unpaired) electrons. The molecule has 4 aromatic rings. The van der Waals surface area contributed by atoms with Gasteiger partial charge < -0.3 is 5.73 Å². The van der Waals surface area contributed by atoms with E-state index in [0.29, 0.717) is 0 Å². The largest absolute Gasteiger partial charge is 0.365 e. The van der Waals surface area contributed by atoms with Crippen LogP contribution >= 0.6 is 11.3 Å². The Balaban J connectivity index is 1.80. The van der Waals surface area contributed by atoms with E-state index in [1.807, 2.05) is 29.6 Å². The van der Waals surface area contributed by atoms with Gasteiger partial charge in [-0.1, -0.05) is 18.2 Å². The van der Waals surface area contributed by atoms with Gasteiger partial charge >= 0.3 is 0 Å². The molecule has 140 valence electrons. The van der Waals surface area contributed by atoms with Gasteiger partial charge in [-0.25, -0.2) is 13.8 Å². The molecular weight excluding hydrogens is 382 g/mol. The van der Waals surface area contributed by atoms with Gasteiger partial charge in [0.05, 0.1) is 11.4 Å². The second-order valence-corrected chi connectivity index (χ2v) is 7.00. The minimum Gasteiger partial charge on any atom is -0.365 e. The van der Waals surface area contributed by atoms with Crippen LogP contribution in [0.25, 0.3) is 33.1 Å². The third-order valence-electron chi connectivity index (χ3n) is 4.33. The van der Waals surface area contributed by atoms with Crippen molar-refractivity contribution in [2.75, 3.05) is 0 Å². The highest BCUT2D eigenvalue weighted by molar-refractivity contribution is 7.13. The number of hydrogen-bond acceptors (Lipinski definition) is 4. The second kappa shape index (κ2) is 6.97. The molecule has 0 unspecified atom stereocenters. The molecule has 0 atom stereocenters. The minimum absolute atomic E-state index is 0.00753. The maximum atomic E-state index is 14.7. The van der Waals surface area contributed by atoms with Gasteiger partial charge in [-0.15, -0.1) is 11.3 Å². The summed E-state index contributed by atoms with van der Waals surface area (Å²) in [5.74, 6) is -3.18. The third-order valence-corrected chi connectivity index (χ3v) is 5.15. The molecule has 2 aromatic heterocycles. The van der Waals surface area contributed by atoms with Crippen LogP contribution < -0.4 is 5.73 Å². The fourth-order valence-corrected chi connectivity index (χ4v) is 3.66. The lowest BCUT2D eigenvalue weighted by Crippen LogP contribution is -2.16. The Kier molecular flexibility index (Phi) is 4.48. The van der Waals surface area contributed by atoms with E-state index in [1.165, 1.54) is 17.4 Å². The number of thiazole rings is 1. The number of carbonyl (C=O) groups is 1. The van der Waals surface area contributed by atoms with Crippen molar-refractivity contribution in [3.63, 3.8) is 0 Å². The summed E-state index contributed by atoms with van der Waals surface area (Å²) < 4.78 is 30.0. The number of hydrogen-bond donors (Lipinski definition) is 1. The van der Waals surface area contributed by atoms with Crippen LogP contribution in [0.3, 0.4) is 0 Å².